The Labute approximate surface area is 116 Å². The fourth-order valence-electron chi connectivity index (χ4n) is 2.45. The molecular formula is C13H12ClNO3S. The number of halogens is 1. The molecule has 0 aromatic heterocycles. The first-order valence-corrected chi connectivity index (χ1v) is 8.03. The first kappa shape index (κ1) is 12.7. The largest absolute Gasteiger partial charge is 0.312 e. The molecule has 1 saturated heterocycles. The van der Waals surface area contributed by atoms with Crippen LogP contribution < -0.4 is 4.90 Å². The van der Waals surface area contributed by atoms with Crippen molar-refractivity contribution in [3.05, 3.63) is 29.2 Å². The Morgan fingerprint density at radius 2 is 2.16 bits per heavy atom. The van der Waals surface area contributed by atoms with Crippen LogP contribution in [0.3, 0.4) is 0 Å². The molecule has 1 fully saturated rings. The van der Waals surface area contributed by atoms with E-state index in [1.165, 1.54) is 5.41 Å². The number of nitrogens with zero attached hydrogens (tertiary/aromatic N) is 1. The van der Waals surface area contributed by atoms with Crippen molar-refractivity contribution in [3.8, 4) is 0 Å². The van der Waals surface area contributed by atoms with Gasteiger partial charge in [-0.05, 0) is 29.7 Å². The molecule has 19 heavy (non-hydrogen) atoms. The summed E-state index contributed by atoms with van der Waals surface area (Å²) in [6, 6.07) is 5.07. The van der Waals surface area contributed by atoms with Gasteiger partial charge in [-0.15, -0.1) is 11.6 Å². The van der Waals surface area contributed by atoms with Crippen molar-refractivity contribution in [2.45, 2.75) is 11.3 Å². The SMILES string of the molecule is O=C1CC(CCl)CN1c1ccc2c(c1)S(=O)(=O)C=C2. The number of hydrogen-bond donors (Lipinski definition) is 0. The van der Waals surface area contributed by atoms with Gasteiger partial charge >= 0.3 is 0 Å². The molecule has 0 aliphatic carbocycles. The highest BCUT2D eigenvalue weighted by Crippen LogP contribution is 2.33. The van der Waals surface area contributed by atoms with Crippen LogP contribution in [-0.2, 0) is 14.6 Å². The minimum atomic E-state index is -3.34. The quantitative estimate of drug-likeness (QED) is 0.785. The summed E-state index contributed by atoms with van der Waals surface area (Å²) in [5.74, 6) is 0.568. The number of alkyl halides is 1. The topological polar surface area (TPSA) is 54.5 Å². The zero-order chi connectivity index (χ0) is 13.6. The lowest BCUT2D eigenvalue weighted by molar-refractivity contribution is -0.117. The molecule has 1 atom stereocenters. The molecule has 0 bridgehead atoms. The lowest BCUT2D eigenvalue weighted by Crippen LogP contribution is -2.24. The molecule has 0 N–H and O–H groups in total. The monoisotopic (exact) mass is 297 g/mol. The highest BCUT2D eigenvalue weighted by atomic mass is 35.5. The Kier molecular flexibility index (Phi) is 2.91. The van der Waals surface area contributed by atoms with Crippen LogP contribution in [0.15, 0.2) is 28.5 Å². The maximum atomic E-state index is 11.9. The molecule has 0 radical (unpaired) electrons. The summed E-state index contributed by atoms with van der Waals surface area (Å²) >= 11 is 5.78. The molecule has 1 unspecified atom stereocenters. The van der Waals surface area contributed by atoms with Crippen molar-refractivity contribution < 1.29 is 13.2 Å². The van der Waals surface area contributed by atoms with Gasteiger partial charge in [0.15, 0.2) is 0 Å². The van der Waals surface area contributed by atoms with Crippen LogP contribution in [0.1, 0.15) is 12.0 Å². The van der Waals surface area contributed by atoms with Crippen LogP contribution in [0.25, 0.3) is 6.08 Å². The van der Waals surface area contributed by atoms with Crippen LogP contribution in [0.5, 0.6) is 0 Å². The molecule has 1 aromatic rings. The number of rotatable bonds is 2. The lowest BCUT2D eigenvalue weighted by atomic mass is 10.1. The minimum Gasteiger partial charge on any atom is -0.312 e. The van der Waals surface area contributed by atoms with Crippen molar-refractivity contribution in [1.82, 2.24) is 0 Å². The number of carbonyl (C=O) groups excluding carboxylic acids is 1. The van der Waals surface area contributed by atoms with Gasteiger partial charge in [0.2, 0.25) is 15.7 Å². The number of carbonyl (C=O) groups is 1. The lowest BCUT2D eigenvalue weighted by Gasteiger charge is -2.17. The van der Waals surface area contributed by atoms with Crippen molar-refractivity contribution in [1.29, 1.82) is 0 Å². The van der Waals surface area contributed by atoms with E-state index in [-0.39, 0.29) is 16.7 Å². The number of fused-ring (bicyclic) bond motifs is 1. The summed E-state index contributed by atoms with van der Waals surface area (Å²) in [5.41, 5.74) is 1.30. The average Bonchev–Trinajstić information content (AvgIpc) is 2.90. The third-order valence-corrected chi connectivity index (χ3v) is 5.36. The molecule has 2 aliphatic rings. The average molecular weight is 298 g/mol. The van der Waals surface area contributed by atoms with Crippen LogP contribution in [-0.4, -0.2) is 26.7 Å². The highest BCUT2D eigenvalue weighted by Gasteiger charge is 2.31. The summed E-state index contributed by atoms with van der Waals surface area (Å²) < 4.78 is 23.6. The van der Waals surface area contributed by atoms with Crippen molar-refractivity contribution >= 4 is 39.1 Å². The number of anilines is 1. The second-order valence-corrected chi connectivity index (χ2v) is 6.91. The third kappa shape index (κ3) is 2.07. The van der Waals surface area contributed by atoms with E-state index in [1.54, 1.807) is 29.2 Å². The van der Waals surface area contributed by atoms with E-state index in [2.05, 4.69) is 0 Å². The summed E-state index contributed by atoms with van der Waals surface area (Å²) in [5, 5.41) is 1.19. The molecule has 100 valence electrons. The van der Waals surface area contributed by atoms with Crippen molar-refractivity contribution in [3.63, 3.8) is 0 Å². The molecule has 1 aromatic carbocycles. The first-order valence-electron chi connectivity index (χ1n) is 5.95. The first-order chi connectivity index (χ1) is 9.01. The normalized spacial score (nSPS) is 23.9. The molecule has 2 heterocycles. The smallest absolute Gasteiger partial charge is 0.227 e. The van der Waals surface area contributed by atoms with Crippen LogP contribution in [0, 0.1) is 5.92 Å². The zero-order valence-electron chi connectivity index (χ0n) is 10.0. The van der Waals surface area contributed by atoms with E-state index in [0.717, 1.165) is 0 Å². The van der Waals surface area contributed by atoms with Crippen molar-refractivity contribution in [2.75, 3.05) is 17.3 Å². The Morgan fingerprint density at radius 1 is 1.37 bits per heavy atom. The van der Waals surface area contributed by atoms with E-state index < -0.39 is 9.84 Å². The number of amides is 1. The van der Waals surface area contributed by atoms with Crippen molar-refractivity contribution in [2.24, 2.45) is 5.92 Å². The van der Waals surface area contributed by atoms with Gasteiger partial charge in [-0.1, -0.05) is 6.07 Å². The maximum Gasteiger partial charge on any atom is 0.227 e. The van der Waals surface area contributed by atoms with Gasteiger partial charge in [0.25, 0.3) is 0 Å². The zero-order valence-corrected chi connectivity index (χ0v) is 11.6. The Balaban J connectivity index is 1.99. The molecule has 4 nitrogen and oxygen atoms in total. The Morgan fingerprint density at radius 3 is 2.84 bits per heavy atom. The summed E-state index contributed by atoms with van der Waals surface area (Å²) in [4.78, 5) is 13.8. The minimum absolute atomic E-state index is 0.00560. The van der Waals surface area contributed by atoms with E-state index >= 15 is 0 Å². The second-order valence-electron chi connectivity index (χ2n) is 4.80. The van der Waals surface area contributed by atoms with E-state index in [4.69, 9.17) is 11.6 Å². The van der Waals surface area contributed by atoms with E-state index in [9.17, 15) is 13.2 Å². The molecule has 0 spiro atoms. The van der Waals surface area contributed by atoms with Gasteiger partial charge in [0.05, 0.1) is 4.90 Å². The Bertz CT molecular complexity index is 681. The van der Waals surface area contributed by atoms with Gasteiger partial charge < -0.3 is 4.90 Å². The fraction of sp³-hybridized carbons (Fsp3) is 0.308. The molecular weight excluding hydrogens is 286 g/mol. The van der Waals surface area contributed by atoms with Crippen LogP contribution in [0.4, 0.5) is 5.69 Å². The Hall–Kier alpha value is -1.33. The van der Waals surface area contributed by atoms with Gasteiger partial charge in [-0.2, -0.15) is 0 Å². The van der Waals surface area contributed by atoms with Gasteiger partial charge in [0.1, 0.15) is 0 Å². The molecule has 6 heteroatoms. The van der Waals surface area contributed by atoms with E-state index in [0.29, 0.717) is 30.1 Å². The van der Waals surface area contributed by atoms with Gasteiger partial charge in [0, 0.05) is 29.9 Å². The molecule has 1 amide bonds. The molecule has 0 saturated carbocycles. The van der Waals surface area contributed by atoms with Crippen LogP contribution >= 0.6 is 11.6 Å². The van der Waals surface area contributed by atoms with Gasteiger partial charge in [-0.3, -0.25) is 4.79 Å². The standard InChI is InChI=1S/C13H12ClNO3S/c14-7-9-5-13(16)15(8-9)11-2-1-10-3-4-19(17,18)12(10)6-11/h1-4,6,9H,5,7-8H2. The maximum absolute atomic E-state index is 11.9. The predicted molar refractivity (Wildman–Crippen MR) is 73.8 cm³/mol. The summed E-state index contributed by atoms with van der Waals surface area (Å²) in [7, 11) is -3.34. The summed E-state index contributed by atoms with van der Waals surface area (Å²) in [6.07, 6.45) is 1.99. The third-order valence-electron chi connectivity index (χ3n) is 3.47. The van der Waals surface area contributed by atoms with Gasteiger partial charge in [-0.25, -0.2) is 8.42 Å². The number of benzene rings is 1. The molecule has 3 rings (SSSR count). The number of sulfone groups is 1. The highest BCUT2D eigenvalue weighted by molar-refractivity contribution is 7.94. The molecule has 2 aliphatic heterocycles. The van der Waals surface area contributed by atoms with E-state index in [1.807, 2.05) is 0 Å². The second kappa shape index (κ2) is 4.35. The number of hydrogen-bond acceptors (Lipinski definition) is 3. The predicted octanol–water partition coefficient (Wildman–Crippen LogP) is 2.04. The fourth-order valence-corrected chi connectivity index (χ4v) is 3.87. The van der Waals surface area contributed by atoms with Crippen LogP contribution in [0.2, 0.25) is 0 Å². The summed E-state index contributed by atoms with van der Waals surface area (Å²) in [6.45, 7) is 0.550.